The summed E-state index contributed by atoms with van der Waals surface area (Å²) < 4.78 is 36.4. The molecule has 0 aliphatic carbocycles. The molecule has 3 aromatic rings. The van der Waals surface area contributed by atoms with Gasteiger partial charge in [0.1, 0.15) is 10.6 Å². The van der Waals surface area contributed by atoms with Crippen LogP contribution in [0.25, 0.3) is 0 Å². The van der Waals surface area contributed by atoms with Crippen molar-refractivity contribution in [1.29, 1.82) is 0 Å². The first-order valence-electron chi connectivity index (χ1n) is 10.9. The second-order valence-corrected chi connectivity index (χ2v) is 10.4. The van der Waals surface area contributed by atoms with E-state index in [1.807, 2.05) is 19.9 Å². The van der Waals surface area contributed by atoms with Crippen LogP contribution in [0, 0.1) is 13.8 Å². The maximum atomic E-state index is 13.0. The summed E-state index contributed by atoms with van der Waals surface area (Å²) in [6, 6.07) is 7.00. The number of sulfonamides is 1. The first-order chi connectivity index (χ1) is 16.2. The molecule has 1 aliphatic heterocycles. The fourth-order valence-electron chi connectivity index (χ4n) is 3.74. The fourth-order valence-corrected chi connectivity index (χ4v) is 5.45. The molecule has 1 aromatic carbocycles. The molecule has 0 atom stereocenters. The molecule has 1 saturated heterocycles. The largest absolute Gasteiger partial charge is 0.471 e. The van der Waals surface area contributed by atoms with Crippen LogP contribution in [0.5, 0.6) is 5.75 Å². The zero-order valence-electron chi connectivity index (χ0n) is 19.3. The van der Waals surface area contributed by atoms with E-state index in [9.17, 15) is 13.2 Å². The molecule has 3 heterocycles. The first-order valence-corrected chi connectivity index (χ1v) is 12.8. The molecule has 2 aromatic heterocycles. The molecule has 0 bridgehead atoms. The van der Waals surface area contributed by atoms with Crippen molar-refractivity contribution in [3.05, 3.63) is 58.6 Å². The van der Waals surface area contributed by atoms with Crippen molar-refractivity contribution in [1.82, 2.24) is 28.8 Å². The molecule has 0 spiro atoms. The van der Waals surface area contributed by atoms with Crippen molar-refractivity contribution in [3.8, 4) is 5.75 Å². The normalized spacial score (nSPS) is 15.0. The van der Waals surface area contributed by atoms with Gasteiger partial charge >= 0.3 is 0 Å². The van der Waals surface area contributed by atoms with E-state index in [1.54, 1.807) is 47.1 Å². The van der Waals surface area contributed by atoms with Gasteiger partial charge in [-0.3, -0.25) is 9.48 Å². The highest BCUT2D eigenvalue weighted by Crippen LogP contribution is 2.22. The molecule has 12 heteroatoms. The fraction of sp³-hybridized carbons (Fsp3) is 0.409. The Morgan fingerprint density at radius 1 is 1.09 bits per heavy atom. The number of aryl methyl sites for hydroxylation is 3. The predicted molar refractivity (Wildman–Crippen MR) is 126 cm³/mol. The van der Waals surface area contributed by atoms with E-state index in [2.05, 4.69) is 10.2 Å². The summed E-state index contributed by atoms with van der Waals surface area (Å²) in [6.45, 7) is 7.21. The van der Waals surface area contributed by atoms with Crippen molar-refractivity contribution in [2.24, 2.45) is 0 Å². The Balaban J connectivity index is 1.35. The molecule has 10 nitrogen and oxygen atoms in total. The molecule has 34 heavy (non-hydrogen) atoms. The number of benzene rings is 1. The first kappa shape index (κ1) is 24.2. The highest BCUT2D eigenvalue weighted by molar-refractivity contribution is 7.89. The van der Waals surface area contributed by atoms with Crippen molar-refractivity contribution in [3.63, 3.8) is 0 Å². The Bertz CT molecular complexity index is 1290. The molecule has 0 saturated carbocycles. The third-order valence-corrected chi connectivity index (χ3v) is 8.15. The average Bonchev–Trinajstić information content (AvgIpc) is 3.46. The van der Waals surface area contributed by atoms with Gasteiger partial charge in [0, 0.05) is 50.1 Å². The van der Waals surface area contributed by atoms with E-state index < -0.39 is 10.0 Å². The Hall–Kier alpha value is -2.89. The smallest absolute Gasteiger partial charge is 0.274 e. The third-order valence-electron chi connectivity index (χ3n) is 5.72. The van der Waals surface area contributed by atoms with Crippen LogP contribution in [-0.4, -0.2) is 69.3 Å². The van der Waals surface area contributed by atoms with Crippen LogP contribution in [0.15, 0.2) is 41.6 Å². The average molecular weight is 507 g/mol. The molecular formula is C22H27ClN6O4S. The Kier molecular flexibility index (Phi) is 6.96. The van der Waals surface area contributed by atoms with Crippen LogP contribution in [0.1, 0.15) is 28.7 Å². The zero-order valence-corrected chi connectivity index (χ0v) is 20.9. The number of amides is 1. The van der Waals surface area contributed by atoms with Crippen molar-refractivity contribution >= 4 is 27.5 Å². The van der Waals surface area contributed by atoms with Crippen molar-refractivity contribution in [2.45, 2.75) is 38.9 Å². The number of ether oxygens (including phenoxy) is 1. The summed E-state index contributed by atoms with van der Waals surface area (Å²) in [4.78, 5) is 14.7. The third kappa shape index (κ3) is 4.96. The van der Waals surface area contributed by atoms with Crippen LogP contribution in [0.4, 0.5) is 0 Å². The minimum Gasteiger partial charge on any atom is -0.471 e. The van der Waals surface area contributed by atoms with Gasteiger partial charge in [-0.15, -0.1) is 0 Å². The van der Waals surface area contributed by atoms with Crippen LogP contribution in [0.2, 0.25) is 5.02 Å². The highest BCUT2D eigenvalue weighted by Gasteiger charge is 2.33. The van der Waals surface area contributed by atoms with Gasteiger partial charge in [-0.1, -0.05) is 11.6 Å². The Labute approximate surface area is 203 Å². The summed E-state index contributed by atoms with van der Waals surface area (Å²) in [6.07, 6.45) is 3.23. The van der Waals surface area contributed by atoms with Crippen LogP contribution >= 0.6 is 11.6 Å². The van der Waals surface area contributed by atoms with E-state index in [1.165, 1.54) is 8.99 Å². The highest BCUT2D eigenvalue weighted by atomic mass is 35.5. The number of piperazine rings is 1. The van der Waals surface area contributed by atoms with E-state index in [-0.39, 0.29) is 49.4 Å². The van der Waals surface area contributed by atoms with Gasteiger partial charge in [0.05, 0.1) is 5.69 Å². The lowest BCUT2D eigenvalue weighted by molar-refractivity contribution is 0.0690. The van der Waals surface area contributed by atoms with Gasteiger partial charge < -0.3 is 9.64 Å². The molecule has 0 N–H and O–H groups in total. The number of rotatable bonds is 7. The molecule has 182 valence electrons. The number of carbonyl (C=O) groups excluding carboxylic acids is 1. The second-order valence-electron chi connectivity index (χ2n) is 8.06. The maximum Gasteiger partial charge on any atom is 0.274 e. The van der Waals surface area contributed by atoms with Gasteiger partial charge in [0.25, 0.3) is 5.91 Å². The molecule has 0 radical (unpaired) electrons. The van der Waals surface area contributed by atoms with Crippen molar-refractivity contribution < 1.29 is 17.9 Å². The minimum absolute atomic E-state index is 0.144. The minimum atomic E-state index is -3.66. The van der Waals surface area contributed by atoms with E-state index in [0.29, 0.717) is 23.0 Å². The van der Waals surface area contributed by atoms with Crippen LogP contribution < -0.4 is 4.74 Å². The lowest BCUT2D eigenvalue weighted by Crippen LogP contribution is -2.50. The molecule has 0 unspecified atom stereocenters. The quantitative estimate of drug-likeness (QED) is 0.488. The van der Waals surface area contributed by atoms with E-state index in [0.717, 1.165) is 5.56 Å². The summed E-state index contributed by atoms with van der Waals surface area (Å²) >= 11 is 6.03. The summed E-state index contributed by atoms with van der Waals surface area (Å²) in [5.74, 6) is 0.412. The van der Waals surface area contributed by atoms with Gasteiger partial charge in [-0.2, -0.15) is 14.5 Å². The lowest BCUT2D eigenvalue weighted by atomic mass is 10.2. The lowest BCUT2D eigenvalue weighted by Gasteiger charge is -2.33. The number of halogens is 1. The molecule has 1 amide bonds. The summed E-state index contributed by atoms with van der Waals surface area (Å²) in [5.41, 5.74) is 1.67. The maximum absolute atomic E-state index is 13.0. The van der Waals surface area contributed by atoms with Gasteiger partial charge in [-0.05, 0) is 50.6 Å². The van der Waals surface area contributed by atoms with E-state index >= 15 is 0 Å². The molecule has 1 aliphatic rings. The SMILES string of the molecule is CCn1cc(S(=O)(=O)N2CCN(C(=O)c3ccn(COc4ccc(Cl)c(C)c4)n3)CC2)c(C)n1. The standard InChI is InChI=1S/C22H27ClN6O4S/c1-4-27-14-21(17(3)24-27)34(31,32)29-11-9-26(10-12-29)22(30)20-7-8-28(25-20)15-33-18-5-6-19(23)16(2)13-18/h5-8,13-14H,4,9-12,15H2,1-3H3. The monoisotopic (exact) mass is 506 g/mol. The summed E-state index contributed by atoms with van der Waals surface area (Å²) in [7, 11) is -3.66. The summed E-state index contributed by atoms with van der Waals surface area (Å²) in [5, 5.41) is 9.21. The molecule has 1 fully saturated rings. The van der Waals surface area contributed by atoms with Gasteiger partial charge in [-0.25, -0.2) is 13.1 Å². The molecular weight excluding hydrogens is 480 g/mol. The van der Waals surface area contributed by atoms with Crippen LogP contribution in [-0.2, 0) is 23.3 Å². The number of hydrogen-bond donors (Lipinski definition) is 0. The second kappa shape index (κ2) is 9.77. The topological polar surface area (TPSA) is 103 Å². The van der Waals surface area contributed by atoms with Crippen molar-refractivity contribution in [2.75, 3.05) is 26.2 Å². The number of hydrogen-bond acceptors (Lipinski definition) is 6. The Morgan fingerprint density at radius 2 is 1.82 bits per heavy atom. The number of aromatic nitrogens is 4. The number of carbonyl (C=O) groups is 1. The Morgan fingerprint density at radius 3 is 2.47 bits per heavy atom. The zero-order chi connectivity index (χ0) is 24.5. The van der Waals surface area contributed by atoms with Gasteiger partial charge in [0.15, 0.2) is 12.4 Å². The van der Waals surface area contributed by atoms with E-state index in [4.69, 9.17) is 16.3 Å². The van der Waals surface area contributed by atoms with Crippen LogP contribution in [0.3, 0.4) is 0 Å². The predicted octanol–water partition coefficient (Wildman–Crippen LogP) is 2.55. The number of nitrogens with zero attached hydrogens (tertiary/aromatic N) is 6. The molecule has 4 rings (SSSR count). The van der Waals surface area contributed by atoms with Gasteiger partial charge in [0.2, 0.25) is 10.0 Å².